The normalized spacial score (nSPS) is 12.0. The third-order valence-corrected chi connectivity index (χ3v) is 7.31. The molecule has 0 spiro atoms. The fourth-order valence-electron chi connectivity index (χ4n) is 2.84. The number of rotatable bonds is 9. The van der Waals surface area contributed by atoms with Crippen LogP contribution < -0.4 is 19.5 Å². The van der Waals surface area contributed by atoms with Crippen LogP contribution in [0.25, 0.3) is 0 Å². The van der Waals surface area contributed by atoms with Crippen molar-refractivity contribution in [2.24, 2.45) is 0 Å². The fourth-order valence-corrected chi connectivity index (χ4v) is 4.92. The number of hydrogen-bond donors (Lipinski definition) is 2. The van der Waals surface area contributed by atoms with E-state index < -0.39 is 15.3 Å². The van der Waals surface area contributed by atoms with Crippen LogP contribution in [-0.2, 0) is 14.8 Å². The minimum atomic E-state index is -3.77. The van der Waals surface area contributed by atoms with Crippen LogP contribution in [0.3, 0.4) is 0 Å². The van der Waals surface area contributed by atoms with E-state index in [2.05, 4.69) is 10.0 Å². The highest BCUT2D eigenvalue weighted by Crippen LogP contribution is 2.33. The lowest BCUT2D eigenvalue weighted by molar-refractivity contribution is -0.115. The number of carbonyl (C=O) groups excluding carboxylic acids is 1. The van der Waals surface area contributed by atoms with Gasteiger partial charge in [0.25, 0.3) is 10.0 Å². The van der Waals surface area contributed by atoms with E-state index in [1.807, 2.05) is 6.07 Å². The Kier molecular flexibility index (Phi) is 8.12. The zero-order valence-corrected chi connectivity index (χ0v) is 20.6. The minimum Gasteiger partial charge on any atom is -0.493 e. The number of halogens is 1. The van der Waals surface area contributed by atoms with E-state index in [4.69, 9.17) is 21.1 Å². The molecule has 10 heteroatoms. The van der Waals surface area contributed by atoms with E-state index in [9.17, 15) is 13.2 Å². The smallest absolute Gasteiger partial charge is 0.261 e. The van der Waals surface area contributed by atoms with Crippen LogP contribution in [0.4, 0.5) is 11.4 Å². The summed E-state index contributed by atoms with van der Waals surface area (Å²) < 4.78 is 38.2. The second kappa shape index (κ2) is 10.8. The lowest BCUT2D eigenvalue weighted by atomic mass is 10.3. The number of methoxy groups -OCH3 is 2. The molecule has 0 fully saturated rings. The Balaban J connectivity index is 1.63. The van der Waals surface area contributed by atoms with Crippen LogP contribution in [-0.4, -0.2) is 33.8 Å². The molecule has 0 heterocycles. The third kappa shape index (κ3) is 6.56. The van der Waals surface area contributed by atoms with Crippen LogP contribution in [0.1, 0.15) is 6.92 Å². The Morgan fingerprint density at radius 3 is 2.12 bits per heavy atom. The molecule has 3 aromatic rings. The van der Waals surface area contributed by atoms with Gasteiger partial charge >= 0.3 is 0 Å². The number of amides is 1. The summed E-state index contributed by atoms with van der Waals surface area (Å²) >= 11 is 7.19. The molecule has 1 atom stereocenters. The van der Waals surface area contributed by atoms with Crippen LogP contribution in [0.15, 0.2) is 76.5 Å². The van der Waals surface area contributed by atoms with Crippen LogP contribution >= 0.6 is 23.4 Å². The topological polar surface area (TPSA) is 93.7 Å². The van der Waals surface area contributed by atoms with Crippen molar-refractivity contribution in [2.75, 3.05) is 24.3 Å². The van der Waals surface area contributed by atoms with Crippen molar-refractivity contribution in [1.29, 1.82) is 0 Å². The van der Waals surface area contributed by atoms with Gasteiger partial charge in [0.15, 0.2) is 11.5 Å². The van der Waals surface area contributed by atoms with Crippen molar-refractivity contribution in [3.8, 4) is 11.5 Å². The Labute approximate surface area is 202 Å². The summed E-state index contributed by atoms with van der Waals surface area (Å²) in [5.74, 6) is 0.975. The van der Waals surface area contributed by atoms with Gasteiger partial charge in [0.1, 0.15) is 0 Å². The summed E-state index contributed by atoms with van der Waals surface area (Å²) in [6.45, 7) is 1.78. The lowest BCUT2D eigenvalue weighted by Gasteiger charge is -2.14. The van der Waals surface area contributed by atoms with E-state index >= 15 is 0 Å². The average molecular weight is 507 g/mol. The average Bonchev–Trinajstić information content (AvgIpc) is 2.80. The van der Waals surface area contributed by atoms with E-state index in [0.717, 1.165) is 4.90 Å². The summed E-state index contributed by atoms with van der Waals surface area (Å²) in [5.41, 5.74) is 0.892. The highest BCUT2D eigenvalue weighted by molar-refractivity contribution is 8.00. The van der Waals surface area contributed by atoms with E-state index in [-0.39, 0.29) is 10.8 Å². The van der Waals surface area contributed by atoms with Crippen molar-refractivity contribution in [3.05, 3.63) is 71.8 Å². The maximum absolute atomic E-state index is 12.6. The van der Waals surface area contributed by atoms with Gasteiger partial charge < -0.3 is 14.8 Å². The Morgan fingerprint density at radius 2 is 1.52 bits per heavy atom. The molecule has 0 aliphatic heterocycles. The molecule has 33 heavy (non-hydrogen) atoms. The van der Waals surface area contributed by atoms with Crippen molar-refractivity contribution in [2.45, 2.75) is 22.0 Å². The van der Waals surface area contributed by atoms with Crippen molar-refractivity contribution in [1.82, 2.24) is 0 Å². The molecule has 0 unspecified atom stereocenters. The monoisotopic (exact) mass is 506 g/mol. The number of benzene rings is 3. The SMILES string of the molecule is COc1ccc(S[C@@H](C)C(=O)Nc2ccc(S(=O)(=O)Nc3ccc(Cl)cc3)cc2)cc1OC. The van der Waals surface area contributed by atoms with Gasteiger partial charge in [0.2, 0.25) is 5.91 Å². The first kappa shape index (κ1) is 24.8. The second-order valence-electron chi connectivity index (χ2n) is 6.90. The van der Waals surface area contributed by atoms with Gasteiger partial charge in [0, 0.05) is 21.3 Å². The van der Waals surface area contributed by atoms with E-state index in [1.54, 1.807) is 69.7 Å². The summed E-state index contributed by atoms with van der Waals surface area (Å²) in [6.07, 6.45) is 0. The Bertz CT molecular complexity index is 1220. The number of thioether (sulfide) groups is 1. The standard InChI is InChI=1S/C23H23ClN2O5S2/c1-15(32-19-10-13-21(30-2)22(14-19)31-3)23(27)25-17-8-11-20(12-9-17)33(28,29)26-18-6-4-16(24)5-7-18/h4-15,26H,1-3H3,(H,25,27)/t15-/m0/s1. The van der Waals surface area contributed by atoms with Crippen molar-refractivity contribution < 1.29 is 22.7 Å². The molecule has 3 rings (SSSR count). The van der Waals surface area contributed by atoms with Gasteiger partial charge in [0.05, 0.1) is 24.4 Å². The summed E-state index contributed by atoms with van der Waals surface area (Å²) in [4.78, 5) is 13.5. The molecule has 0 aromatic heterocycles. The van der Waals surface area contributed by atoms with E-state index in [1.165, 1.54) is 23.9 Å². The molecular weight excluding hydrogens is 484 g/mol. The van der Waals surface area contributed by atoms with Crippen molar-refractivity contribution in [3.63, 3.8) is 0 Å². The number of ether oxygens (including phenoxy) is 2. The largest absolute Gasteiger partial charge is 0.493 e. The predicted octanol–water partition coefficient (Wildman–Crippen LogP) is 5.28. The number of hydrogen-bond acceptors (Lipinski definition) is 6. The van der Waals surface area contributed by atoms with E-state index in [0.29, 0.717) is 27.9 Å². The first-order valence-electron chi connectivity index (χ1n) is 9.80. The zero-order chi connectivity index (χ0) is 24.0. The summed E-state index contributed by atoms with van der Waals surface area (Å²) in [7, 11) is -0.659. The molecule has 0 saturated carbocycles. The number of sulfonamides is 1. The van der Waals surface area contributed by atoms with Crippen molar-refractivity contribution >= 4 is 50.7 Å². The first-order chi connectivity index (χ1) is 15.7. The highest BCUT2D eigenvalue weighted by atomic mass is 35.5. The Hall–Kier alpha value is -2.88. The maximum atomic E-state index is 12.6. The van der Waals surface area contributed by atoms with Gasteiger partial charge in [-0.25, -0.2) is 8.42 Å². The predicted molar refractivity (Wildman–Crippen MR) is 132 cm³/mol. The molecule has 174 valence electrons. The maximum Gasteiger partial charge on any atom is 0.261 e. The zero-order valence-electron chi connectivity index (χ0n) is 18.2. The van der Waals surface area contributed by atoms with Crippen LogP contribution in [0.5, 0.6) is 11.5 Å². The first-order valence-corrected chi connectivity index (χ1v) is 12.5. The van der Waals surface area contributed by atoms with Gasteiger partial charge in [-0.15, -0.1) is 11.8 Å². The summed E-state index contributed by atoms with van der Waals surface area (Å²) in [5, 5.41) is 2.91. The molecule has 1 amide bonds. The molecule has 0 aliphatic carbocycles. The quantitative estimate of drug-likeness (QED) is 0.384. The summed E-state index contributed by atoms with van der Waals surface area (Å²) in [6, 6.07) is 17.7. The molecule has 0 aliphatic rings. The minimum absolute atomic E-state index is 0.0724. The number of carbonyl (C=O) groups is 1. The molecule has 0 radical (unpaired) electrons. The van der Waals surface area contributed by atoms with Gasteiger partial charge in [-0.05, 0) is 73.7 Å². The molecule has 2 N–H and O–H groups in total. The number of nitrogens with one attached hydrogen (secondary N) is 2. The third-order valence-electron chi connectivity index (χ3n) is 4.57. The van der Waals surface area contributed by atoms with Gasteiger partial charge in [-0.2, -0.15) is 0 Å². The lowest BCUT2D eigenvalue weighted by Crippen LogP contribution is -2.22. The second-order valence-corrected chi connectivity index (χ2v) is 10.4. The highest BCUT2D eigenvalue weighted by Gasteiger charge is 2.18. The molecule has 3 aromatic carbocycles. The Morgan fingerprint density at radius 1 is 0.909 bits per heavy atom. The van der Waals surface area contributed by atoms with Gasteiger partial charge in [-0.3, -0.25) is 9.52 Å². The molecular formula is C23H23ClN2O5S2. The number of anilines is 2. The van der Waals surface area contributed by atoms with Crippen LogP contribution in [0, 0.1) is 0 Å². The van der Waals surface area contributed by atoms with Crippen LogP contribution in [0.2, 0.25) is 5.02 Å². The molecule has 0 saturated heterocycles. The molecule has 0 bridgehead atoms. The molecule has 7 nitrogen and oxygen atoms in total. The fraction of sp³-hybridized carbons (Fsp3) is 0.174. The van der Waals surface area contributed by atoms with Gasteiger partial charge in [-0.1, -0.05) is 11.6 Å².